The van der Waals surface area contributed by atoms with Crippen LogP contribution in [0.25, 0.3) is 22.3 Å². The van der Waals surface area contributed by atoms with E-state index in [2.05, 4.69) is 22.5 Å². The number of nitrogens with one attached hydrogen (secondary N) is 1. The average Bonchev–Trinajstić information content (AvgIpc) is 3.06. The monoisotopic (exact) mass is 476 g/mol. The molecule has 0 saturated heterocycles. The number of nitrogens with zero attached hydrogens (tertiary/aromatic N) is 3. The summed E-state index contributed by atoms with van der Waals surface area (Å²) >= 11 is 0. The Hall–Kier alpha value is -2.90. The number of pyridine rings is 1. The predicted molar refractivity (Wildman–Crippen MR) is 118 cm³/mol. The smallest absolute Gasteiger partial charge is 0.321 e. The van der Waals surface area contributed by atoms with Gasteiger partial charge in [-0.15, -0.1) is 0 Å². The maximum absolute atomic E-state index is 12.8. The molecule has 33 heavy (non-hydrogen) atoms. The molecule has 6 nitrogen and oxygen atoms in total. The molecule has 1 N–H and O–H groups in total. The van der Waals surface area contributed by atoms with Crippen molar-refractivity contribution in [2.75, 3.05) is 0 Å². The van der Waals surface area contributed by atoms with Crippen molar-refractivity contribution in [3.05, 3.63) is 48.2 Å². The molecule has 0 aliphatic heterocycles. The van der Waals surface area contributed by atoms with E-state index >= 15 is 0 Å². The first-order valence-electron chi connectivity index (χ1n) is 10.7. The first kappa shape index (κ1) is 23.3. The van der Waals surface area contributed by atoms with Crippen molar-refractivity contribution in [2.24, 2.45) is 5.92 Å². The second-order valence-electron chi connectivity index (χ2n) is 8.30. The number of alkyl halides is 3. The fourth-order valence-electron chi connectivity index (χ4n) is 4.38. The van der Waals surface area contributed by atoms with Crippen LogP contribution >= 0.6 is 0 Å². The van der Waals surface area contributed by atoms with E-state index in [1.165, 1.54) is 24.3 Å². The minimum atomic E-state index is -4.69. The van der Waals surface area contributed by atoms with E-state index in [1.807, 2.05) is 6.07 Å². The summed E-state index contributed by atoms with van der Waals surface area (Å²) < 4.78 is 67.1. The van der Waals surface area contributed by atoms with Gasteiger partial charge in [0, 0.05) is 17.6 Å². The maximum atomic E-state index is 12.8. The van der Waals surface area contributed by atoms with Gasteiger partial charge >= 0.3 is 6.18 Å². The van der Waals surface area contributed by atoms with Crippen molar-refractivity contribution >= 4 is 21.1 Å². The lowest BCUT2D eigenvalue weighted by Gasteiger charge is -2.38. The molecule has 2 aromatic heterocycles. The van der Waals surface area contributed by atoms with Crippen molar-refractivity contribution < 1.29 is 21.6 Å². The zero-order valence-corrected chi connectivity index (χ0v) is 18.9. The second kappa shape index (κ2) is 8.47. The quantitative estimate of drug-likeness (QED) is 0.532. The van der Waals surface area contributed by atoms with Gasteiger partial charge in [0.05, 0.1) is 16.2 Å². The fourth-order valence-corrected chi connectivity index (χ4v) is 5.61. The van der Waals surface area contributed by atoms with E-state index in [0.29, 0.717) is 33.8 Å². The molecule has 1 fully saturated rings. The van der Waals surface area contributed by atoms with Gasteiger partial charge in [-0.1, -0.05) is 25.5 Å². The van der Waals surface area contributed by atoms with Crippen LogP contribution in [0.5, 0.6) is 0 Å². The molecule has 174 valence electrons. The van der Waals surface area contributed by atoms with Crippen LogP contribution in [0.2, 0.25) is 0 Å². The van der Waals surface area contributed by atoms with E-state index < -0.39 is 22.2 Å². The Bertz CT molecular complexity index is 1320. The summed E-state index contributed by atoms with van der Waals surface area (Å²) in [6, 6.07) is 9.38. The third-order valence-electron chi connectivity index (χ3n) is 6.37. The zero-order chi connectivity index (χ0) is 24.0. The van der Waals surface area contributed by atoms with Crippen LogP contribution in [0.4, 0.5) is 13.2 Å². The Labute approximate surface area is 190 Å². The molecule has 0 bridgehead atoms. The summed E-state index contributed by atoms with van der Waals surface area (Å²) in [6.45, 7) is 2.87. The van der Waals surface area contributed by atoms with E-state index in [1.54, 1.807) is 17.0 Å². The SMILES string of the molecule is CCC1CCC1n1c(-c2ccc(S(=O)(=O)N[C@@H](C)C(F)(F)F)cc2)c(C#N)c2cccnc21. The number of hydrogen-bond acceptors (Lipinski definition) is 4. The third kappa shape index (κ3) is 4.11. The van der Waals surface area contributed by atoms with Gasteiger partial charge in [-0.25, -0.2) is 13.4 Å². The van der Waals surface area contributed by atoms with Crippen LogP contribution in [0.15, 0.2) is 47.5 Å². The molecule has 10 heteroatoms. The number of aromatic nitrogens is 2. The summed E-state index contributed by atoms with van der Waals surface area (Å²) in [4.78, 5) is 4.24. The van der Waals surface area contributed by atoms with E-state index in [4.69, 9.17) is 0 Å². The van der Waals surface area contributed by atoms with Crippen molar-refractivity contribution in [1.29, 1.82) is 5.26 Å². The standard InChI is InChI=1S/C23H23F3N4O2S/c1-3-15-8-11-20(15)30-21(19(13-27)18-5-4-12-28-22(18)30)16-6-9-17(10-7-16)33(31,32)29-14(2)23(24,25)26/h4-7,9-10,12,14-15,20,29H,3,8,11H2,1-2H3/t14-,15?,20?/m0/s1. The molecule has 1 aliphatic rings. The predicted octanol–water partition coefficient (Wildman–Crippen LogP) is 5.17. The van der Waals surface area contributed by atoms with Crippen LogP contribution in [-0.2, 0) is 10.0 Å². The van der Waals surface area contributed by atoms with Crippen LogP contribution in [0, 0.1) is 17.2 Å². The minimum Gasteiger partial charge on any atom is -0.321 e. The Kier molecular flexibility index (Phi) is 5.97. The highest BCUT2D eigenvalue weighted by Crippen LogP contribution is 2.46. The van der Waals surface area contributed by atoms with Crippen molar-refractivity contribution in [2.45, 2.75) is 56.3 Å². The maximum Gasteiger partial charge on any atom is 0.404 e. The first-order chi connectivity index (χ1) is 15.6. The number of halogens is 3. The van der Waals surface area contributed by atoms with Gasteiger partial charge < -0.3 is 4.57 Å². The topological polar surface area (TPSA) is 87.8 Å². The fraction of sp³-hybridized carbons (Fsp3) is 0.391. The normalized spacial score (nSPS) is 19.8. The lowest BCUT2D eigenvalue weighted by atomic mass is 9.77. The number of benzene rings is 1. The summed E-state index contributed by atoms with van der Waals surface area (Å²) in [5, 5.41) is 10.7. The Balaban J connectivity index is 1.80. The highest BCUT2D eigenvalue weighted by Gasteiger charge is 2.39. The Morgan fingerprint density at radius 1 is 1.24 bits per heavy atom. The van der Waals surface area contributed by atoms with Gasteiger partial charge in [0.15, 0.2) is 0 Å². The molecular formula is C23H23F3N4O2S. The van der Waals surface area contributed by atoms with E-state index in [-0.39, 0.29) is 10.9 Å². The van der Waals surface area contributed by atoms with Gasteiger partial charge in [-0.05, 0) is 55.5 Å². The first-order valence-corrected chi connectivity index (χ1v) is 12.1. The molecule has 1 aromatic carbocycles. The molecule has 0 amide bonds. The molecule has 1 saturated carbocycles. The van der Waals surface area contributed by atoms with E-state index in [0.717, 1.165) is 26.2 Å². The molecule has 0 spiro atoms. The highest BCUT2D eigenvalue weighted by atomic mass is 32.2. The number of fused-ring (bicyclic) bond motifs is 1. The molecule has 2 heterocycles. The Morgan fingerprint density at radius 2 is 1.94 bits per heavy atom. The summed E-state index contributed by atoms with van der Waals surface area (Å²) in [5.74, 6) is 0.445. The molecule has 1 aliphatic carbocycles. The molecule has 3 aromatic rings. The van der Waals surface area contributed by atoms with Crippen LogP contribution < -0.4 is 4.72 Å². The lowest BCUT2D eigenvalue weighted by molar-refractivity contribution is -0.147. The van der Waals surface area contributed by atoms with Gasteiger partial charge in [-0.3, -0.25) is 0 Å². The third-order valence-corrected chi connectivity index (χ3v) is 7.92. The molecule has 4 rings (SSSR count). The van der Waals surface area contributed by atoms with Crippen molar-refractivity contribution in [3.8, 4) is 17.3 Å². The Morgan fingerprint density at radius 3 is 2.48 bits per heavy atom. The second-order valence-corrected chi connectivity index (χ2v) is 10.0. The number of sulfonamides is 1. The van der Waals surface area contributed by atoms with Crippen molar-refractivity contribution in [3.63, 3.8) is 0 Å². The molecular weight excluding hydrogens is 453 g/mol. The number of nitriles is 1. The number of rotatable bonds is 6. The van der Waals surface area contributed by atoms with Gasteiger partial charge in [0.1, 0.15) is 17.8 Å². The van der Waals surface area contributed by atoms with Gasteiger partial charge in [-0.2, -0.15) is 23.2 Å². The molecule has 2 unspecified atom stereocenters. The average molecular weight is 477 g/mol. The largest absolute Gasteiger partial charge is 0.404 e. The van der Waals surface area contributed by atoms with Gasteiger partial charge in [0.25, 0.3) is 0 Å². The van der Waals surface area contributed by atoms with Gasteiger partial charge in [0.2, 0.25) is 10.0 Å². The summed E-state index contributed by atoms with van der Waals surface area (Å²) in [5.41, 5.74) is 2.40. The van der Waals surface area contributed by atoms with E-state index in [9.17, 15) is 26.9 Å². The summed E-state index contributed by atoms with van der Waals surface area (Å²) in [6.07, 6.45) is -0.00972. The van der Waals surface area contributed by atoms with Crippen LogP contribution in [-0.4, -0.2) is 30.2 Å². The molecule has 0 radical (unpaired) electrons. The number of hydrogen-bond donors (Lipinski definition) is 1. The zero-order valence-electron chi connectivity index (χ0n) is 18.1. The summed E-state index contributed by atoms with van der Waals surface area (Å²) in [7, 11) is -4.37. The van der Waals surface area contributed by atoms with Crippen LogP contribution in [0.3, 0.4) is 0 Å². The highest BCUT2D eigenvalue weighted by molar-refractivity contribution is 7.89. The molecule has 3 atom stereocenters. The van der Waals surface area contributed by atoms with Crippen LogP contribution in [0.1, 0.15) is 44.7 Å². The minimum absolute atomic E-state index is 0.169. The lowest BCUT2D eigenvalue weighted by Crippen LogP contribution is -2.42. The van der Waals surface area contributed by atoms with Crippen molar-refractivity contribution in [1.82, 2.24) is 14.3 Å².